The maximum atomic E-state index is 14.7. The summed E-state index contributed by atoms with van der Waals surface area (Å²) in [5.74, 6) is -2.57. The fraction of sp³-hybridized carbons (Fsp3) is 0.423. The van der Waals surface area contributed by atoms with Crippen molar-refractivity contribution >= 4 is 6.29 Å². The molecule has 1 fully saturated rings. The number of aromatic nitrogens is 3. The van der Waals surface area contributed by atoms with Crippen molar-refractivity contribution in [3.05, 3.63) is 59.3 Å². The van der Waals surface area contributed by atoms with Gasteiger partial charge in [0, 0.05) is 11.6 Å². The van der Waals surface area contributed by atoms with Gasteiger partial charge in [-0.15, -0.1) is 0 Å². The topological polar surface area (TPSA) is 60.3 Å². The molecule has 0 saturated carbocycles. The average Bonchev–Trinajstić information content (AvgIpc) is 3.48. The molecule has 1 aromatic carbocycles. The summed E-state index contributed by atoms with van der Waals surface area (Å²) in [5.41, 5.74) is 0.280. The van der Waals surface area contributed by atoms with Crippen LogP contribution < -0.4 is 4.74 Å². The highest BCUT2D eigenvalue weighted by Crippen LogP contribution is 2.28. The maximum Gasteiger partial charge on any atom is 0.250 e. The smallest absolute Gasteiger partial charge is 0.250 e. The molecular formula is C26H33F3N4O2. The minimum Gasteiger partial charge on any atom is -0.479 e. The molecule has 0 N–H and O–H groups in total. The molecule has 35 heavy (non-hydrogen) atoms. The highest BCUT2D eigenvalue weighted by Gasteiger charge is 2.21. The summed E-state index contributed by atoms with van der Waals surface area (Å²) < 4.78 is 48.7. The summed E-state index contributed by atoms with van der Waals surface area (Å²) in [7, 11) is 3.42. The second-order valence-electron chi connectivity index (χ2n) is 7.82. The van der Waals surface area contributed by atoms with Crippen molar-refractivity contribution in [1.82, 2.24) is 19.4 Å². The van der Waals surface area contributed by atoms with Gasteiger partial charge >= 0.3 is 0 Å². The number of halogens is 3. The number of methoxy groups -OCH3 is 1. The fourth-order valence-corrected chi connectivity index (χ4v) is 3.64. The number of imidazole rings is 1. The van der Waals surface area contributed by atoms with Gasteiger partial charge in [-0.2, -0.15) is 4.39 Å². The number of rotatable bonds is 6. The minimum absolute atomic E-state index is 0.0144. The van der Waals surface area contributed by atoms with Crippen LogP contribution in [0.3, 0.4) is 0 Å². The Morgan fingerprint density at radius 1 is 1.09 bits per heavy atom. The molecule has 6 nitrogen and oxygen atoms in total. The van der Waals surface area contributed by atoms with Crippen molar-refractivity contribution in [3.63, 3.8) is 0 Å². The number of nitrogens with zero attached hydrogens (tertiary/aromatic N) is 4. The molecule has 3 heterocycles. The van der Waals surface area contributed by atoms with E-state index in [1.807, 2.05) is 20.8 Å². The predicted octanol–water partition coefficient (Wildman–Crippen LogP) is 5.86. The molecule has 1 aliphatic rings. The average molecular weight is 491 g/mol. The first-order chi connectivity index (χ1) is 16.9. The van der Waals surface area contributed by atoms with Gasteiger partial charge in [-0.05, 0) is 51.0 Å². The number of benzene rings is 1. The summed E-state index contributed by atoms with van der Waals surface area (Å²) in [6, 6.07) is 5.37. The van der Waals surface area contributed by atoms with Crippen LogP contribution in [0.2, 0.25) is 0 Å². The lowest BCUT2D eigenvalue weighted by Crippen LogP contribution is -2.10. The lowest BCUT2D eigenvalue weighted by molar-refractivity contribution is 0.111. The highest BCUT2D eigenvalue weighted by molar-refractivity contribution is 5.75. The van der Waals surface area contributed by atoms with Gasteiger partial charge in [0.15, 0.2) is 17.8 Å². The lowest BCUT2D eigenvalue weighted by Gasteiger charge is -2.10. The first kappa shape index (κ1) is 28.0. The SMILES string of the molecule is CC.CCCc1ccc(-c2nc(C=O)c(F)n2-c2cnc(OC)c(F)c2)cc1F.CN1CCCC1. The largest absolute Gasteiger partial charge is 0.479 e. The first-order valence-electron chi connectivity index (χ1n) is 11.8. The third-order valence-corrected chi connectivity index (χ3v) is 5.36. The van der Waals surface area contributed by atoms with Crippen molar-refractivity contribution in [1.29, 1.82) is 0 Å². The normalized spacial score (nSPS) is 12.9. The first-order valence-corrected chi connectivity index (χ1v) is 11.8. The van der Waals surface area contributed by atoms with Crippen LogP contribution in [0.5, 0.6) is 5.88 Å². The number of carbonyl (C=O) groups excluding carboxylic acids is 1. The van der Waals surface area contributed by atoms with E-state index in [9.17, 15) is 18.0 Å². The van der Waals surface area contributed by atoms with Crippen LogP contribution in [-0.4, -0.2) is 53.0 Å². The van der Waals surface area contributed by atoms with Crippen LogP contribution >= 0.6 is 0 Å². The van der Waals surface area contributed by atoms with Crippen LogP contribution in [0, 0.1) is 17.6 Å². The second kappa shape index (κ2) is 13.6. The van der Waals surface area contributed by atoms with E-state index in [0.717, 1.165) is 17.1 Å². The molecule has 0 amide bonds. The van der Waals surface area contributed by atoms with Crippen LogP contribution in [-0.2, 0) is 6.42 Å². The third kappa shape index (κ3) is 6.91. The van der Waals surface area contributed by atoms with Crippen LogP contribution in [0.4, 0.5) is 13.2 Å². The Morgan fingerprint density at radius 2 is 1.77 bits per heavy atom. The molecule has 1 aliphatic heterocycles. The summed E-state index contributed by atoms with van der Waals surface area (Å²) >= 11 is 0. The quantitative estimate of drug-likeness (QED) is 0.405. The number of aldehydes is 1. The molecule has 2 aromatic heterocycles. The van der Waals surface area contributed by atoms with Crippen molar-refractivity contribution in [2.24, 2.45) is 0 Å². The van der Waals surface area contributed by atoms with Gasteiger partial charge in [0.05, 0.1) is 19.0 Å². The number of likely N-dealkylation sites (tertiary alicyclic amines) is 1. The molecule has 4 rings (SSSR count). The zero-order chi connectivity index (χ0) is 26.0. The molecule has 190 valence electrons. The Kier molecular flexibility index (Phi) is 10.9. The van der Waals surface area contributed by atoms with Crippen LogP contribution in [0.25, 0.3) is 17.1 Å². The summed E-state index contributed by atoms with van der Waals surface area (Å²) in [4.78, 5) is 21.2. The number of ether oxygens (including phenoxy) is 1. The fourth-order valence-electron chi connectivity index (χ4n) is 3.64. The lowest BCUT2D eigenvalue weighted by atomic mass is 10.1. The van der Waals surface area contributed by atoms with E-state index in [4.69, 9.17) is 4.74 Å². The van der Waals surface area contributed by atoms with Gasteiger partial charge in [0.1, 0.15) is 11.6 Å². The Bertz CT molecular complexity index is 1110. The standard InChI is InChI=1S/C19H16F3N3O2.C5H11N.C2H6/c1-3-4-11-5-6-12(7-14(11)20)18-24-16(10-26)17(22)25(18)13-8-15(21)19(27-2)23-9-13;1-6-4-2-3-5-6;1-2/h5-10H,3-4H2,1-2H3;2-5H2,1H3;1-2H3. The van der Waals surface area contributed by atoms with Gasteiger partial charge in [-0.1, -0.05) is 39.3 Å². The van der Waals surface area contributed by atoms with Crippen LogP contribution in [0.1, 0.15) is 56.1 Å². The van der Waals surface area contributed by atoms with E-state index in [1.54, 1.807) is 12.1 Å². The van der Waals surface area contributed by atoms with E-state index < -0.39 is 23.3 Å². The Morgan fingerprint density at radius 3 is 2.26 bits per heavy atom. The third-order valence-electron chi connectivity index (χ3n) is 5.36. The van der Waals surface area contributed by atoms with Gasteiger partial charge in [0.2, 0.25) is 11.8 Å². The van der Waals surface area contributed by atoms with Gasteiger partial charge in [-0.25, -0.2) is 18.7 Å². The zero-order valence-electron chi connectivity index (χ0n) is 20.9. The number of hydrogen-bond acceptors (Lipinski definition) is 5. The summed E-state index contributed by atoms with van der Waals surface area (Å²) in [5, 5.41) is 0. The van der Waals surface area contributed by atoms with Crippen molar-refractivity contribution in [2.75, 3.05) is 27.2 Å². The molecule has 3 aromatic rings. The number of aryl methyl sites for hydroxylation is 1. The highest BCUT2D eigenvalue weighted by atomic mass is 19.1. The van der Waals surface area contributed by atoms with Crippen molar-refractivity contribution in [2.45, 2.75) is 46.5 Å². The van der Waals surface area contributed by atoms with E-state index in [1.165, 1.54) is 45.3 Å². The summed E-state index contributed by atoms with van der Waals surface area (Å²) in [6.07, 6.45) is 5.57. The van der Waals surface area contributed by atoms with Crippen LogP contribution in [0.15, 0.2) is 30.5 Å². The predicted molar refractivity (Wildman–Crippen MR) is 131 cm³/mol. The van der Waals surface area contributed by atoms with Crippen molar-refractivity contribution in [3.8, 4) is 23.0 Å². The molecule has 0 unspecified atom stereocenters. The molecular weight excluding hydrogens is 457 g/mol. The van der Waals surface area contributed by atoms with E-state index in [2.05, 4.69) is 21.9 Å². The molecule has 0 radical (unpaired) electrons. The molecule has 1 saturated heterocycles. The van der Waals surface area contributed by atoms with Gasteiger partial charge in [0.25, 0.3) is 0 Å². The Labute approximate surface area is 204 Å². The summed E-state index contributed by atoms with van der Waals surface area (Å²) in [6.45, 7) is 8.57. The number of carbonyl (C=O) groups is 1. The second-order valence-corrected chi connectivity index (χ2v) is 7.82. The van der Waals surface area contributed by atoms with E-state index in [0.29, 0.717) is 12.0 Å². The number of hydrogen-bond donors (Lipinski definition) is 0. The Balaban J connectivity index is 0.000000463. The van der Waals surface area contributed by atoms with Crippen molar-refractivity contribution < 1.29 is 22.7 Å². The minimum atomic E-state index is -0.996. The molecule has 0 atom stereocenters. The van der Waals surface area contributed by atoms with E-state index in [-0.39, 0.29) is 29.2 Å². The van der Waals surface area contributed by atoms with E-state index >= 15 is 0 Å². The van der Waals surface area contributed by atoms with Gasteiger partial charge in [-0.3, -0.25) is 9.36 Å². The zero-order valence-corrected chi connectivity index (χ0v) is 20.9. The Hall–Kier alpha value is -3.20. The van der Waals surface area contributed by atoms with Gasteiger partial charge < -0.3 is 9.64 Å². The maximum absolute atomic E-state index is 14.7. The number of pyridine rings is 1. The molecule has 9 heteroatoms. The monoisotopic (exact) mass is 490 g/mol. The molecule has 0 aliphatic carbocycles. The molecule has 0 bridgehead atoms. The molecule has 0 spiro atoms.